The van der Waals surface area contributed by atoms with Gasteiger partial charge in [0.1, 0.15) is 5.76 Å². The molecule has 2 heterocycles. The van der Waals surface area contributed by atoms with Gasteiger partial charge in [0.05, 0.1) is 11.4 Å². The molecule has 0 bridgehead atoms. The lowest BCUT2D eigenvalue weighted by atomic mass is 9.98. The van der Waals surface area contributed by atoms with Crippen molar-refractivity contribution in [1.29, 1.82) is 0 Å². The van der Waals surface area contributed by atoms with Crippen LogP contribution in [0.2, 0.25) is 0 Å². The van der Waals surface area contributed by atoms with Crippen LogP contribution in [0.3, 0.4) is 0 Å². The van der Waals surface area contributed by atoms with E-state index in [0.717, 1.165) is 42.3 Å². The topological polar surface area (TPSA) is 72.4 Å². The molecule has 0 radical (unpaired) electrons. The fourth-order valence-corrected chi connectivity index (χ4v) is 4.63. The van der Waals surface area contributed by atoms with Crippen molar-refractivity contribution in [3.63, 3.8) is 0 Å². The Morgan fingerprint density at radius 1 is 1.43 bits per heavy atom. The minimum Gasteiger partial charge on any atom is -0.361 e. The van der Waals surface area contributed by atoms with E-state index < -0.39 is 0 Å². The van der Waals surface area contributed by atoms with Crippen molar-refractivity contribution in [2.75, 3.05) is 18.8 Å². The van der Waals surface area contributed by atoms with Crippen LogP contribution in [0.4, 0.5) is 0 Å². The number of nitrogens with two attached hydrogens (primary N) is 1. The van der Waals surface area contributed by atoms with Crippen molar-refractivity contribution in [2.24, 2.45) is 17.6 Å². The maximum absolute atomic E-state index is 12.3. The second-order valence-corrected chi connectivity index (χ2v) is 7.24. The quantitative estimate of drug-likeness (QED) is 0.917. The van der Waals surface area contributed by atoms with Crippen LogP contribution in [0, 0.1) is 25.7 Å². The molecule has 1 amide bonds. The van der Waals surface area contributed by atoms with Crippen LogP contribution in [0.15, 0.2) is 4.52 Å². The first-order valence-corrected chi connectivity index (χ1v) is 8.74. The first-order chi connectivity index (χ1) is 10.1. The summed E-state index contributed by atoms with van der Waals surface area (Å²) in [5.41, 5.74) is 8.16. The monoisotopic (exact) mass is 309 g/mol. The highest BCUT2D eigenvalue weighted by molar-refractivity contribution is 7.99. The Bertz CT molecular complexity index is 511. The van der Waals surface area contributed by atoms with Gasteiger partial charge in [-0.1, -0.05) is 5.16 Å². The lowest BCUT2D eigenvalue weighted by molar-refractivity contribution is -0.127. The number of thioether (sulfide) groups is 1. The Balaban J connectivity index is 1.47. The molecule has 2 N–H and O–H groups in total. The third-order valence-electron chi connectivity index (χ3n) is 4.92. The van der Waals surface area contributed by atoms with Gasteiger partial charge in [0.2, 0.25) is 5.91 Å². The van der Waals surface area contributed by atoms with E-state index in [1.54, 1.807) is 11.8 Å². The van der Waals surface area contributed by atoms with Gasteiger partial charge in [-0.15, -0.1) is 11.8 Å². The van der Waals surface area contributed by atoms with E-state index in [-0.39, 0.29) is 5.91 Å². The average molecular weight is 309 g/mol. The van der Waals surface area contributed by atoms with Gasteiger partial charge in [0, 0.05) is 30.4 Å². The molecule has 5 nitrogen and oxygen atoms in total. The Hall–Kier alpha value is -1.01. The van der Waals surface area contributed by atoms with Crippen molar-refractivity contribution in [1.82, 2.24) is 10.1 Å². The van der Waals surface area contributed by atoms with Crippen molar-refractivity contribution >= 4 is 17.7 Å². The van der Waals surface area contributed by atoms with Gasteiger partial charge < -0.3 is 15.2 Å². The smallest absolute Gasteiger partial charge is 0.232 e. The van der Waals surface area contributed by atoms with Crippen LogP contribution in [0.5, 0.6) is 0 Å². The standard InChI is InChI=1S/C15H23N3O2S/c1-9-13(10(2)20-17-9)7-21-8-15(19)18-5-11-3-4-14(16)12(11)6-18/h11-12,14H,3-8,16H2,1-2H3. The highest BCUT2D eigenvalue weighted by Gasteiger charge is 2.42. The summed E-state index contributed by atoms with van der Waals surface area (Å²) >= 11 is 1.64. The molecule has 3 atom stereocenters. The molecule has 1 saturated carbocycles. The SMILES string of the molecule is Cc1noc(C)c1CSCC(=O)N1CC2CCC(N)C2C1. The molecule has 21 heavy (non-hydrogen) atoms. The maximum Gasteiger partial charge on any atom is 0.232 e. The average Bonchev–Trinajstić information content (AvgIpc) is 3.11. The third kappa shape index (κ3) is 2.97. The van der Waals surface area contributed by atoms with Crippen LogP contribution < -0.4 is 5.73 Å². The van der Waals surface area contributed by atoms with E-state index in [4.69, 9.17) is 10.3 Å². The second kappa shape index (κ2) is 6.01. The number of carbonyl (C=O) groups excluding carboxylic acids is 1. The van der Waals surface area contributed by atoms with Crippen molar-refractivity contribution in [2.45, 2.75) is 38.5 Å². The Morgan fingerprint density at radius 3 is 2.90 bits per heavy atom. The molecule has 6 heteroatoms. The Morgan fingerprint density at radius 2 is 2.24 bits per heavy atom. The van der Waals surface area contributed by atoms with Crippen LogP contribution >= 0.6 is 11.8 Å². The Kier molecular flexibility index (Phi) is 4.26. The largest absolute Gasteiger partial charge is 0.361 e. The fourth-order valence-electron chi connectivity index (χ4n) is 3.55. The molecule has 2 aliphatic rings. The lowest BCUT2D eigenvalue weighted by Crippen LogP contribution is -2.34. The van der Waals surface area contributed by atoms with Gasteiger partial charge >= 0.3 is 0 Å². The van der Waals surface area contributed by atoms with E-state index >= 15 is 0 Å². The number of aryl methyl sites for hydroxylation is 2. The predicted octanol–water partition coefficient (Wildman–Crippen LogP) is 1.72. The minimum atomic E-state index is 0.244. The van der Waals surface area contributed by atoms with Crippen LogP contribution in [-0.4, -0.2) is 40.8 Å². The molecule has 1 aromatic rings. The molecule has 0 spiro atoms. The first kappa shape index (κ1) is 14.9. The van der Waals surface area contributed by atoms with Crippen molar-refractivity contribution in [3.8, 4) is 0 Å². The molecule has 116 valence electrons. The summed E-state index contributed by atoms with van der Waals surface area (Å²) in [6, 6.07) is 0.294. The summed E-state index contributed by atoms with van der Waals surface area (Å²) in [5.74, 6) is 3.58. The second-order valence-electron chi connectivity index (χ2n) is 6.26. The number of hydrogen-bond acceptors (Lipinski definition) is 5. The van der Waals surface area contributed by atoms with Crippen molar-refractivity contribution < 1.29 is 9.32 Å². The van der Waals surface area contributed by atoms with E-state index in [1.807, 2.05) is 18.7 Å². The van der Waals surface area contributed by atoms with Gasteiger partial charge in [-0.05, 0) is 38.5 Å². The number of nitrogens with zero attached hydrogens (tertiary/aromatic N) is 2. The Labute approximate surface area is 129 Å². The molecule has 3 rings (SSSR count). The lowest BCUT2D eigenvalue weighted by Gasteiger charge is -2.18. The van der Waals surface area contributed by atoms with E-state index in [0.29, 0.717) is 23.6 Å². The summed E-state index contributed by atoms with van der Waals surface area (Å²) in [5, 5.41) is 3.94. The van der Waals surface area contributed by atoms with E-state index in [2.05, 4.69) is 5.16 Å². The number of likely N-dealkylation sites (tertiary alicyclic amines) is 1. The van der Waals surface area contributed by atoms with Crippen LogP contribution in [-0.2, 0) is 10.5 Å². The number of hydrogen-bond donors (Lipinski definition) is 1. The molecule has 1 aliphatic carbocycles. The van der Waals surface area contributed by atoms with Gasteiger partial charge in [-0.3, -0.25) is 4.79 Å². The first-order valence-electron chi connectivity index (χ1n) is 7.59. The number of carbonyl (C=O) groups is 1. The summed E-state index contributed by atoms with van der Waals surface area (Å²) in [6.07, 6.45) is 2.31. The molecular weight excluding hydrogens is 286 g/mol. The third-order valence-corrected chi connectivity index (χ3v) is 5.86. The minimum absolute atomic E-state index is 0.244. The fraction of sp³-hybridized carbons (Fsp3) is 0.733. The molecule has 0 aromatic carbocycles. The number of amides is 1. The van der Waals surface area contributed by atoms with E-state index in [9.17, 15) is 4.79 Å². The van der Waals surface area contributed by atoms with Gasteiger partial charge in [0.15, 0.2) is 0 Å². The molecule has 1 saturated heterocycles. The molecule has 3 unspecified atom stereocenters. The zero-order chi connectivity index (χ0) is 15.0. The van der Waals surface area contributed by atoms with Gasteiger partial charge in [-0.2, -0.15) is 0 Å². The van der Waals surface area contributed by atoms with Crippen molar-refractivity contribution in [3.05, 3.63) is 17.0 Å². The summed E-state index contributed by atoms with van der Waals surface area (Å²) in [6.45, 7) is 5.62. The van der Waals surface area contributed by atoms with Gasteiger partial charge in [-0.25, -0.2) is 0 Å². The molecule has 1 aromatic heterocycles. The summed E-state index contributed by atoms with van der Waals surface area (Å²) in [4.78, 5) is 14.3. The number of rotatable bonds is 4. The number of fused-ring (bicyclic) bond motifs is 1. The normalized spacial score (nSPS) is 28.1. The summed E-state index contributed by atoms with van der Waals surface area (Å²) < 4.78 is 5.14. The molecule has 1 aliphatic heterocycles. The maximum atomic E-state index is 12.3. The highest BCUT2D eigenvalue weighted by atomic mass is 32.2. The summed E-state index contributed by atoms with van der Waals surface area (Å²) in [7, 11) is 0. The predicted molar refractivity (Wildman–Crippen MR) is 82.9 cm³/mol. The van der Waals surface area contributed by atoms with Gasteiger partial charge in [0.25, 0.3) is 0 Å². The number of aromatic nitrogens is 1. The van der Waals surface area contributed by atoms with Crippen LogP contribution in [0.1, 0.15) is 29.9 Å². The molecule has 2 fully saturated rings. The van der Waals surface area contributed by atoms with Crippen LogP contribution in [0.25, 0.3) is 0 Å². The highest BCUT2D eigenvalue weighted by Crippen LogP contribution is 2.37. The molecular formula is C15H23N3O2S. The zero-order valence-electron chi connectivity index (χ0n) is 12.7. The zero-order valence-corrected chi connectivity index (χ0v) is 13.5. The van der Waals surface area contributed by atoms with E-state index in [1.165, 1.54) is 6.42 Å².